The van der Waals surface area contributed by atoms with Gasteiger partial charge in [-0.25, -0.2) is 9.78 Å². The lowest BCUT2D eigenvalue weighted by atomic mass is 10.1. The van der Waals surface area contributed by atoms with E-state index < -0.39 is 17.7 Å². The molecule has 0 saturated heterocycles. The number of carbonyl (C=O) groups is 1. The number of aromatic nitrogens is 1. The summed E-state index contributed by atoms with van der Waals surface area (Å²) in [6.45, 7) is 2.19. The Bertz CT molecular complexity index is 1290. The molecule has 1 N–H and O–H groups in total. The number of halogens is 3. The molecule has 0 aliphatic carbocycles. The molecular weight excluding hydrogens is 473 g/mol. The van der Waals surface area contributed by atoms with E-state index in [0.29, 0.717) is 34.2 Å². The van der Waals surface area contributed by atoms with Crippen LogP contribution in [0.3, 0.4) is 0 Å². The van der Waals surface area contributed by atoms with Crippen LogP contribution in [0.25, 0.3) is 11.3 Å². The average Bonchev–Trinajstić information content (AvgIpc) is 3.21. The zero-order chi connectivity index (χ0) is 24.8. The van der Waals surface area contributed by atoms with Crippen molar-refractivity contribution in [3.8, 4) is 11.3 Å². The van der Waals surface area contributed by atoms with Crippen LogP contribution < -0.4 is 5.32 Å². The van der Waals surface area contributed by atoms with Gasteiger partial charge in [-0.3, -0.25) is 0 Å². The first kappa shape index (κ1) is 24.5. The minimum Gasteiger partial charge on any atom is -0.462 e. The first-order valence-corrected chi connectivity index (χ1v) is 11.8. The van der Waals surface area contributed by atoms with Gasteiger partial charge in [-0.05, 0) is 55.7 Å². The molecule has 3 aromatic carbocycles. The summed E-state index contributed by atoms with van der Waals surface area (Å²) in [7, 11) is 0. The molecule has 0 saturated carbocycles. The van der Waals surface area contributed by atoms with Gasteiger partial charge in [-0.1, -0.05) is 48.5 Å². The fourth-order valence-electron chi connectivity index (χ4n) is 3.55. The largest absolute Gasteiger partial charge is 0.462 e. The van der Waals surface area contributed by atoms with Crippen molar-refractivity contribution in [2.45, 2.75) is 25.9 Å². The summed E-state index contributed by atoms with van der Waals surface area (Å²) < 4.78 is 43.9. The number of nitrogens with one attached hydrogen (secondary N) is 1. The lowest BCUT2D eigenvalue weighted by Crippen LogP contribution is -2.07. The highest BCUT2D eigenvalue weighted by Gasteiger charge is 2.30. The van der Waals surface area contributed by atoms with Crippen LogP contribution in [0.15, 0.2) is 78.9 Å². The molecule has 180 valence electrons. The summed E-state index contributed by atoms with van der Waals surface area (Å²) in [5, 5.41) is 3.75. The van der Waals surface area contributed by atoms with Gasteiger partial charge in [0.15, 0.2) is 5.13 Å². The highest BCUT2D eigenvalue weighted by molar-refractivity contribution is 7.16. The van der Waals surface area contributed by atoms with Gasteiger partial charge in [-0.15, -0.1) is 11.3 Å². The van der Waals surface area contributed by atoms with Crippen molar-refractivity contribution in [3.63, 3.8) is 0 Å². The molecule has 8 heteroatoms. The fraction of sp³-hybridized carbons (Fsp3) is 0.185. The molecule has 4 nitrogen and oxygen atoms in total. The highest BCUT2D eigenvalue weighted by atomic mass is 32.1. The monoisotopic (exact) mass is 496 g/mol. The van der Waals surface area contributed by atoms with Crippen LogP contribution in [0.5, 0.6) is 0 Å². The molecule has 0 unspecified atom stereocenters. The lowest BCUT2D eigenvalue weighted by Gasteiger charge is -2.08. The van der Waals surface area contributed by atoms with E-state index in [9.17, 15) is 18.0 Å². The fourth-order valence-corrected chi connectivity index (χ4v) is 4.41. The van der Waals surface area contributed by atoms with Crippen molar-refractivity contribution in [2.75, 3.05) is 11.9 Å². The van der Waals surface area contributed by atoms with Crippen LogP contribution in [0, 0.1) is 6.92 Å². The third-order valence-electron chi connectivity index (χ3n) is 5.32. The van der Waals surface area contributed by atoms with Crippen LogP contribution in [0.1, 0.15) is 32.8 Å². The Morgan fingerprint density at radius 3 is 2.46 bits per heavy atom. The van der Waals surface area contributed by atoms with E-state index in [1.165, 1.54) is 29.0 Å². The van der Waals surface area contributed by atoms with Crippen molar-refractivity contribution in [3.05, 3.63) is 100 Å². The number of thiazole rings is 1. The van der Waals surface area contributed by atoms with Gasteiger partial charge < -0.3 is 10.1 Å². The van der Waals surface area contributed by atoms with Crippen molar-refractivity contribution < 1.29 is 22.7 Å². The van der Waals surface area contributed by atoms with Gasteiger partial charge in [0.05, 0.1) is 23.4 Å². The summed E-state index contributed by atoms with van der Waals surface area (Å²) in [6, 6.07) is 21.9. The van der Waals surface area contributed by atoms with Crippen LogP contribution in [0.2, 0.25) is 0 Å². The van der Waals surface area contributed by atoms with E-state index in [1.54, 1.807) is 24.3 Å². The standard InChI is InChI=1S/C27H23F3N2O2S/c1-18-24(20-12-14-22(15-13-20)27(28,29)30)32-26(35-18)31-23-11-5-10-21(17-23)25(33)34-16-6-9-19-7-3-2-4-8-19/h2-5,7-8,10-15,17H,6,9,16H2,1H3,(H,31,32). The number of esters is 1. The number of hydrogen-bond acceptors (Lipinski definition) is 5. The maximum atomic E-state index is 12.8. The van der Waals surface area contributed by atoms with Gasteiger partial charge >= 0.3 is 12.1 Å². The van der Waals surface area contributed by atoms with Gasteiger partial charge in [0, 0.05) is 16.1 Å². The zero-order valence-electron chi connectivity index (χ0n) is 18.9. The van der Waals surface area contributed by atoms with E-state index in [-0.39, 0.29) is 0 Å². The lowest BCUT2D eigenvalue weighted by molar-refractivity contribution is -0.137. The molecule has 1 heterocycles. The minimum absolute atomic E-state index is 0.327. The minimum atomic E-state index is -4.38. The van der Waals surface area contributed by atoms with E-state index in [2.05, 4.69) is 10.3 Å². The molecule has 1 aromatic heterocycles. The Morgan fingerprint density at radius 1 is 1.00 bits per heavy atom. The number of anilines is 2. The van der Waals surface area contributed by atoms with Gasteiger partial charge in [-0.2, -0.15) is 13.2 Å². The number of hydrogen-bond donors (Lipinski definition) is 1. The highest BCUT2D eigenvalue weighted by Crippen LogP contribution is 2.34. The molecule has 4 aromatic rings. The van der Waals surface area contributed by atoms with Crippen molar-refractivity contribution in [2.24, 2.45) is 0 Å². The number of benzene rings is 3. The molecule has 0 fully saturated rings. The van der Waals surface area contributed by atoms with E-state index >= 15 is 0 Å². The normalized spacial score (nSPS) is 11.3. The molecule has 0 radical (unpaired) electrons. The second kappa shape index (κ2) is 10.7. The molecule has 0 bridgehead atoms. The van der Waals surface area contributed by atoms with Gasteiger partial charge in [0.1, 0.15) is 0 Å². The summed E-state index contributed by atoms with van der Waals surface area (Å²) in [6.07, 6.45) is -2.81. The summed E-state index contributed by atoms with van der Waals surface area (Å²) in [4.78, 5) is 17.9. The first-order valence-electron chi connectivity index (χ1n) is 11.0. The van der Waals surface area contributed by atoms with E-state index in [1.807, 2.05) is 37.3 Å². The number of rotatable bonds is 8. The molecule has 0 aliphatic rings. The first-order chi connectivity index (χ1) is 16.8. The maximum absolute atomic E-state index is 12.8. The third-order valence-corrected chi connectivity index (χ3v) is 6.20. The molecular formula is C27H23F3N2O2S. The summed E-state index contributed by atoms with van der Waals surface area (Å²) in [5.41, 5.74) is 2.80. The van der Waals surface area contributed by atoms with Crippen LogP contribution in [-0.2, 0) is 17.3 Å². The Kier molecular flexibility index (Phi) is 7.51. The molecule has 0 atom stereocenters. The molecule has 0 aliphatic heterocycles. The van der Waals surface area contributed by atoms with E-state index in [0.717, 1.165) is 29.9 Å². The van der Waals surface area contributed by atoms with Crippen LogP contribution >= 0.6 is 11.3 Å². The second-order valence-electron chi connectivity index (χ2n) is 7.93. The van der Waals surface area contributed by atoms with Gasteiger partial charge in [0.25, 0.3) is 0 Å². The molecule has 0 spiro atoms. The van der Waals surface area contributed by atoms with Crippen molar-refractivity contribution in [1.29, 1.82) is 0 Å². The quantitative estimate of drug-likeness (QED) is 0.201. The smallest absolute Gasteiger partial charge is 0.416 e. The average molecular weight is 497 g/mol. The Labute approximate surface area is 205 Å². The Hall–Kier alpha value is -3.65. The SMILES string of the molecule is Cc1sc(Nc2cccc(C(=O)OCCCc3ccccc3)c2)nc1-c1ccc(C(F)(F)F)cc1. The van der Waals surface area contributed by atoms with Crippen molar-refractivity contribution >= 4 is 28.1 Å². The van der Waals surface area contributed by atoms with Crippen molar-refractivity contribution in [1.82, 2.24) is 4.98 Å². The maximum Gasteiger partial charge on any atom is 0.416 e. The van der Waals surface area contributed by atoms with Gasteiger partial charge in [0.2, 0.25) is 0 Å². The summed E-state index contributed by atoms with van der Waals surface area (Å²) >= 11 is 1.38. The predicted molar refractivity (Wildman–Crippen MR) is 132 cm³/mol. The topological polar surface area (TPSA) is 51.2 Å². The number of carbonyl (C=O) groups excluding carboxylic acids is 1. The molecule has 0 amide bonds. The Morgan fingerprint density at radius 2 is 1.74 bits per heavy atom. The van der Waals surface area contributed by atoms with Crippen LogP contribution in [-0.4, -0.2) is 17.6 Å². The Balaban J connectivity index is 1.37. The van der Waals surface area contributed by atoms with Crippen LogP contribution in [0.4, 0.5) is 24.0 Å². The summed E-state index contributed by atoms with van der Waals surface area (Å²) in [5.74, 6) is -0.400. The number of alkyl halides is 3. The third kappa shape index (κ3) is 6.48. The second-order valence-corrected chi connectivity index (χ2v) is 9.13. The number of aryl methyl sites for hydroxylation is 2. The number of nitrogens with zero attached hydrogens (tertiary/aromatic N) is 1. The molecule has 35 heavy (non-hydrogen) atoms. The zero-order valence-corrected chi connectivity index (χ0v) is 19.7. The number of ether oxygens (including phenoxy) is 1. The predicted octanol–water partition coefficient (Wildman–Crippen LogP) is 7.67. The molecule has 4 rings (SSSR count). The van der Waals surface area contributed by atoms with E-state index in [4.69, 9.17) is 4.74 Å².